The van der Waals surface area contributed by atoms with E-state index in [1.165, 1.54) is 0 Å². The highest BCUT2D eigenvalue weighted by atomic mass is 16.1. The average Bonchev–Trinajstić information content (AvgIpc) is 2.29. The topological polar surface area (TPSA) is 17.1 Å². The van der Waals surface area contributed by atoms with E-state index in [9.17, 15) is 4.79 Å². The summed E-state index contributed by atoms with van der Waals surface area (Å²) in [7, 11) is 0. The summed E-state index contributed by atoms with van der Waals surface area (Å²) in [5.74, 6) is 0.0586. The molecule has 0 atom stereocenters. The maximum Gasteiger partial charge on any atom is 0.185 e. The molecule has 0 amide bonds. The molecule has 2 aromatic carbocycles. The van der Waals surface area contributed by atoms with E-state index in [2.05, 4.69) is 0 Å². The summed E-state index contributed by atoms with van der Waals surface area (Å²) in [5.41, 5.74) is 0.742. The van der Waals surface area contributed by atoms with Gasteiger partial charge in [0.05, 0.1) is 0 Å². The second-order valence-electron chi connectivity index (χ2n) is 3.43. The van der Waals surface area contributed by atoms with Crippen molar-refractivity contribution in [2.45, 2.75) is 6.92 Å². The molecule has 0 N–H and O–H groups in total. The molecule has 0 unspecified atom stereocenters. The highest BCUT2D eigenvalue weighted by Gasteiger charge is 2.01. The van der Waals surface area contributed by atoms with E-state index in [0.717, 1.165) is 16.3 Å². The first kappa shape index (κ1) is 9.66. The summed E-state index contributed by atoms with van der Waals surface area (Å²) in [5, 5.41) is 2.27. The molecule has 0 saturated carbocycles. The zero-order valence-corrected chi connectivity index (χ0v) is 8.60. The van der Waals surface area contributed by atoms with Gasteiger partial charge in [-0.3, -0.25) is 4.79 Å². The van der Waals surface area contributed by atoms with E-state index in [4.69, 9.17) is 0 Å². The van der Waals surface area contributed by atoms with Crippen LogP contribution in [0.4, 0.5) is 0 Å². The van der Waals surface area contributed by atoms with Crippen LogP contribution in [0.25, 0.3) is 10.8 Å². The van der Waals surface area contributed by atoms with Gasteiger partial charge in [0.25, 0.3) is 0 Å². The van der Waals surface area contributed by atoms with Crippen molar-refractivity contribution in [2.75, 3.05) is 0 Å². The summed E-state index contributed by atoms with van der Waals surface area (Å²) >= 11 is 0. The van der Waals surface area contributed by atoms with E-state index in [1.54, 1.807) is 12.2 Å². The van der Waals surface area contributed by atoms with Crippen LogP contribution in [0, 0.1) is 0 Å². The van der Waals surface area contributed by atoms with Gasteiger partial charge in [-0.15, -0.1) is 0 Å². The van der Waals surface area contributed by atoms with Crippen molar-refractivity contribution in [2.24, 2.45) is 0 Å². The Morgan fingerprint density at radius 2 is 1.80 bits per heavy atom. The van der Waals surface area contributed by atoms with Crippen molar-refractivity contribution < 1.29 is 4.79 Å². The third kappa shape index (κ3) is 1.96. The molecular formula is C14H12O. The quantitative estimate of drug-likeness (QED) is 0.529. The Hall–Kier alpha value is -1.89. The van der Waals surface area contributed by atoms with Crippen LogP contribution in [0.5, 0.6) is 0 Å². The Bertz CT molecular complexity index is 524. The minimum absolute atomic E-state index is 0.0586. The summed E-state index contributed by atoms with van der Waals surface area (Å²) in [6.45, 7) is 1.85. The number of rotatable bonds is 2. The highest BCUT2D eigenvalue weighted by molar-refractivity contribution is 6.06. The Kier molecular flexibility index (Phi) is 2.64. The number of allylic oxidation sites excluding steroid dienone is 2. The number of hydrogen-bond acceptors (Lipinski definition) is 1. The first-order valence-corrected chi connectivity index (χ1v) is 4.97. The van der Waals surface area contributed by atoms with Crippen LogP contribution >= 0.6 is 0 Å². The molecule has 2 rings (SSSR count). The molecule has 2 aromatic rings. The van der Waals surface area contributed by atoms with Crippen LogP contribution in [0.2, 0.25) is 0 Å². The fourth-order valence-electron chi connectivity index (χ4n) is 1.59. The van der Waals surface area contributed by atoms with Gasteiger partial charge in [0.15, 0.2) is 5.78 Å². The predicted octanol–water partition coefficient (Wildman–Crippen LogP) is 3.60. The Morgan fingerprint density at radius 1 is 1.07 bits per heavy atom. The predicted molar refractivity (Wildman–Crippen MR) is 63.1 cm³/mol. The molecule has 0 aliphatic heterocycles. The van der Waals surface area contributed by atoms with E-state index < -0.39 is 0 Å². The second-order valence-corrected chi connectivity index (χ2v) is 3.43. The number of ketones is 1. The molecule has 0 bridgehead atoms. The fraction of sp³-hybridized carbons (Fsp3) is 0.0714. The monoisotopic (exact) mass is 196 g/mol. The minimum Gasteiger partial charge on any atom is -0.289 e. The standard InChI is InChI=1S/C14H12O/c1-2-5-14(15)13-9-8-11-6-3-4-7-12(11)10-13/h2-10H,1H3. The highest BCUT2D eigenvalue weighted by Crippen LogP contribution is 2.16. The fourth-order valence-corrected chi connectivity index (χ4v) is 1.59. The van der Waals surface area contributed by atoms with Crippen LogP contribution in [0.15, 0.2) is 54.6 Å². The van der Waals surface area contributed by atoms with Gasteiger partial charge in [-0.2, -0.15) is 0 Å². The van der Waals surface area contributed by atoms with Crippen molar-refractivity contribution in [3.8, 4) is 0 Å². The normalized spacial score (nSPS) is 11.0. The van der Waals surface area contributed by atoms with Crippen LogP contribution < -0.4 is 0 Å². The zero-order chi connectivity index (χ0) is 10.7. The number of fused-ring (bicyclic) bond motifs is 1. The first-order chi connectivity index (χ1) is 7.31. The van der Waals surface area contributed by atoms with Crippen molar-refractivity contribution in [1.29, 1.82) is 0 Å². The third-order valence-electron chi connectivity index (χ3n) is 2.35. The molecule has 15 heavy (non-hydrogen) atoms. The Balaban J connectivity index is 2.51. The molecule has 0 fully saturated rings. The van der Waals surface area contributed by atoms with Crippen LogP contribution in [-0.4, -0.2) is 5.78 Å². The van der Waals surface area contributed by atoms with Gasteiger partial charge in [-0.05, 0) is 29.8 Å². The minimum atomic E-state index is 0.0586. The number of benzene rings is 2. The lowest BCUT2D eigenvalue weighted by molar-refractivity contribution is 0.104. The molecule has 0 saturated heterocycles. The molecule has 1 nitrogen and oxygen atoms in total. The summed E-state index contributed by atoms with van der Waals surface area (Å²) in [6.07, 6.45) is 3.35. The van der Waals surface area contributed by atoms with Crippen LogP contribution in [0.3, 0.4) is 0 Å². The van der Waals surface area contributed by atoms with Gasteiger partial charge in [0.2, 0.25) is 0 Å². The summed E-state index contributed by atoms with van der Waals surface area (Å²) in [4.78, 5) is 11.6. The first-order valence-electron chi connectivity index (χ1n) is 4.97. The largest absolute Gasteiger partial charge is 0.289 e. The molecule has 0 aliphatic rings. The maximum atomic E-state index is 11.6. The lowest BCUT2D eigenvalue weighted by Crippen LogP contribution is -1.93. The van der Waals surface area contributed by atoms with Gasteiger partial charge >= 0.3 is 0 Å². The summed E-state index contributed by atoms with van der Waals surface area (Å²) in [6, 6.07) is 13.8. The smallest absolute Gasteiger partial charge is 0.185 e. The Labute approximate surface area is 89.0 Å². The number of hydrogen-bond donors (Lipinski definition) is 0. The molecule has 0 aliphatic carbocycles. The second kappa shape index (κ2) is 4.09. The molecule has 0 spiro atoms. The third-order valence-corrected chi connectivity index (χ3v) is 2.35. The maximum absolute atomic E-state index is 11.6. The van der Waals surface area contributed by atoms with Crippen molar-refractivity contribution in [1.82, 2.24) is 0 Å². The summed E-state index contributed by atoms with van der Waals surface area (Å²) < 4.78 is 0. The molecule has 0 radical (unpaired) electrons. The van der Waals surface area contributed by atoms with E-state index in [-0.39, 0.29) is 5.78 Å². The Morgan fingerprint density at radius 3 is 2.53 bits per heavy atom. The van der Waals surface area contributed by atoms with Gasteiger partial charge in [0.1, 0.15) is 0 Å². The van der Waals surface area contributed by atoms with E-state index in [1.807, 2.05) is 49.4 Å². The molecule has 1 heteroatoms. The van der Waals surface area contributed by atoms with Gasteiger partial charge < -0.3 is 0 Å². The van der Waals surface area contributed by atoms with Gasteiger partial charge in [-0.1, -0.05) is 42.5 Å². The lowest BCUT2D eigenvalue weighted by atomic mass is 10.0. The van der Waals surface area contributed by atoms with Crippen LogP contribution in [-0.2, 0) is 0 Å². The zero-order valence-electron chi connectivity index (χ0n) is 8.60. The van der Waals surface area contributed by atoms with E-state index >= 15 is 0 Å². The molecule has 74 valence electrons. The molecule has 0 aromatic heterocycles. The molecule has 0 heterocycles. The van der Waals surface area contributed by atoms with Crippen molar-refractivity contribution in [3.05, 3.63) is 60.2 Å². The van der Waals surface area contributed by atoms with Crippen LogP contribution in [0.1, 0.15) is 17.3 Å². The van der Waals surface area contributed by atoms with Gasteiger partial charge in [0, 0.05) is 5.56 Å². The van der Waals surface area contributed by atoms with Crippen molar-refractivity contribution in [3.63, 3.8) is 0 Å². The van der Waals surface area contributed by atoms with Gasteiger partial charge in [-0.25, -0.2) is 0 Å². The number of carbonyl (C=O) groups is 1. The van der Waals surface area contributed by atoms with Crippen molar-refractivity contribution >= 4 is 16.6 Å². The molecular weight excluding hydrogens is 184 g/mol. The SMILES string of the molecule is CC=CC(=O)c1ccc2ccccc2c1. The number of carbonyl (C=O) groups excluding carboxylic acids is 1. The average molecular weight is 196 g/mol. The van der Waals surface area contributed by atoms with E-state index in [0.29, 0.717) is 0 Å². The lowest BCUT2D eigenvalue weighted by Gasteiger charge is -1.99.